The number of nitrogens with one attached hydrogen (secondary N) is 1. The Morgan fingerprint density at radius 3 is 2.33 bits per heavy atom. The van der Waals surface area contributed by atoms with Crippen LogP contribution in [0, 0.1) is 11.8 Å². The minimum absolute atomic E-state index is 0.0106. The van der Waals surface area contributed by atoms with E-state index in [1.165, 1.54) is 0 Å². The molecule has 0 spiro atoms. The molecule has 3 atom stereocenters. The zero-order chi connectivity index (χ0) is 15.8. The molecule has 1 rings (SSSR count). The van der Waals surface area contributed by atoms with Crippen molar-refractivity contribution in [1.29, 1.82) is 0 Å². The van der Waals surface area contributed by atoms with Crippen molar-refractivity contribution in [3.8, 4) is 0 Å². The quantitative estimate of drug-likeness (QED) is 0.771. The van der Waals surface area contributed by atoms with Crippen LogP contribution in [0.3, 0.4) is 0 Å². The average Bonchev–Trinajstić information content (AvgIpc) is 2.50. The summed E-state index contributed by atoms with van der Waals surface area (Å²) in [5, 5.41) is 11.9. The lowest BCUT2D eigenvalue weighted by Crippen LogP contribution is -2.35. The summed E-state index contributed by atoms with van der Waals surface area (Å²) in [4.78, 5) is 23.1. The fourth-order valence-corrected chi connectivity index (χ4v) is 2.19. The van der Waals surface area contributed by atoms with Gasteiger partial charge in [-0.25, -0.2) is 0 Å². The second kappa shape index (κ2) is 8.45. The van der Waals surface area contributed by atoms with Crippen molar-refractivity contribution in [2.24, 2.45) is 11.8 Å². The molecule has 1 aromatic rings. The molecule has 0 heterocycles. The molecule has 21 heavy (non-hydrogen) atoms. The first-order valence-corrected chi connectivity index (χ1v) is 7.52. The number of carbonyl (C=O) groups excluding carboxylic acids is 1. The summed E-state index contributed by atoms with van der Waals surface area (Å²) >= 11 is 0. The van der Waals surface area contributed by atoms with E-state index in [9.17, 15) is 9.59 Å². The Morgan fingerprint density at radius 2 is 1.81 bits per heavy atom. The SMILES string of the molecule is CCC(C)C(C)C(=O)NC(CCC(=O)O)c1ccccc1. The van der Waals surface area contributed by atoms with Crippen LogP contribution >= 0.6 is 0 Å². The van der Waals surface area contributed by atoms with Crippen molar-refractivity contribution < 1.29 is 14.7 Å². The number of carboxylic acid groups (broad SMARTS) is 1. The molecule has 0 aliphatic rings. The van der Waals surface area contributed by atoms with Gasteiger partial charge >= 0.3 is 5.97 Å². The molecule has 2 N–H and O–H groups in total. The van der Waals surface area contributed by atoms with Crippen LogP contribution in [-0.4, -0.2) is 17.0 Å². The maximum absolute atomic E-state index is 12.3. The predicted molar refractivity (Wildman–Crippen MR) is 82.8 cm³/mol. The molecule has 0 bridgehead atoms. The number of hydrogen-bond acceptors (Lipinski definition) is 2. The monoisotopic (exact) mass is 291 g/mol. The van der Waals surface area contributed by atoms with Gasteiger partial charge in [0, 0.05) is 12.3 Å². The van der Waals surface area contributed by atoms with Gasteiger partial charge in [0.05, 0.1) is 6.04 Å². The zero-order valence-corrected chi connectivity index (χ0v) is 13.0. The van der Waals surface area contributed by atoms with Crippen molar-refractivity contribution in [2.75, 3.05) is 0 Å². The molecule has 116 valence electrons. The summed E-state index contributed by atoms with van der Waals surface area (Å²) < 4.78 is 0. The second-order valence-corrected chi connectivity index (χ2v) is 5.58. The van der Waals surface area contributed by atoms with E-state index >= 15 is 0 Å². The first kappa shape index (κ1) is 17.2. The van der Waals surface area contributed by atoms with Crippen LogP contribution in [0.1, 0.15) is 51.6 Å². The van der Waals surface area contributed by atoms with Gasteiger partial charge in [-0.1, -0.05) is 57.5 Å². The van der Waals surface area contributed by atoms with Crippen molar-refractivity contribution in [2.45, 2.75) is 46.1 Å². The molecule has 1 aromatic carbocycles. The van der Waals surface area contributed by atoms with Gasteiger partial charge in [-0.15, -0.1) is 0 Å². The van der Waals surface area contributed by atoms with E-state index < -0.39 is 5.97 Å². The van der Waals surface area contributed by atoms with Crippen LogP contribution < -0.4 is 5.32 Å². The topological polar surface area (TPSA) is 66.4 Å². The maximum Gasteiger partial charge on any atom is 0.303 e. The largest absolute Gasteiger partial charge is 0.481 e. The van der Waals surface area contributed by atoms with Gasteiger partial charge in [-0.05, 0) is 17.9 Å². The normalized spacial score (nSPS) is 15.0. The van der Waals surface area contributed by atoms with Gasteiger partial charge in [0.25, 0.3) is 0 Å². The van der Waals surface area contributed by atoms with E-state index in [2.05, 4.69) is 19.2 Å². The summed E-state index contributed by atoms with van der Waals surface area (Å²) in [6, 6.07) is 9.28. The number of hydrogen-bond donors (Lipinski definition) is 2. The highest BCUT2D eigenvalue weighted by atomic mass is 16.4. The lowest BCUT2D eigenvalue weighted by atomic mass is 9.92. The molecule has 0 aromatic heterocycles. The molecule has 0 aliphatic heterocycles. The molecule has 0 saturated heterocycles. The summed E-state index contributed by atoms with van der Waals surface area (Å²) in [7, 11) is 0. The number of carboxylic acids is 1. The lowest BCUT2D eigenvalue weighted by molar-refractivity contribution is -0.137. The van der Waals surface area contributed by atoms with Crippen molar-refractivity contribution in [1.82, 2.24) is 5.32 Å². The zero-order valence-electron chi connectivity index (χ0n) is 13.0. The third kappa shape index (κ3) is 5.58. The minimum Gasteiger partial charge on any atom is -0.481 e. The van der Waals surface area contributed by atoms with Crippen molar-refractivity contribution in [3.05, 3.63) is 35.9 Å². The van der Waals surface area contributed by atoms with Gasteiger partial charge in [0.2, 0.25) is 5.91 Å². The van der Waals surface area contributed by atoms with E-state index in [1.54, 1.807) is 0 Å². The van der Waals surface area contributed by atoms with Crippen LogP contribution in [0.15, 0.2) is 30.3 Å². The molecule has 3 unspecified atom stereocenters. The Labute approximate surface area is 126 Å². The first-order valence-electron chi connectivity index (χ1n) is 7.52. The molecule has 4 nitrogen and oxygen atoms in total. The molecule has 1 amide bonds. The summed E-state index contributed by atoms with van der Waals surface area (Å²) in [6.45, 7) is 6.04. The van der Waals surface area contributed by atoms with E-state index in [-0.39, 0.29) is 24.3 Å². The highest BCUT2D eigenvalue weighted by Gasteiger charge is 2.22. The number of aliphatic carboxylic acids is 1. The lowest BCUT2D eigenvalue weighted by Gasteiger charge is -2.23. The predicted octanol–water partition coefficient (Wildman–Crippen LogP) is 3.39. The van der Waals surface area contributed by atoms with Gasteiger partial charge < -0.3 is 10.4 Å². The van der Waals surface area contributed by atoms with Crippen LogP contribution in [0.2, 0.25) is 0 Å². The second-order valence-electron chi connectivity index (χ2n) is 5.58. The van der Waals surface area contributed by atoms with Crippen molar-refractivity contribution >= 4 is 11.9 Å². The Bertz CT molecular complexity index is 458. The van der Waals surface area contributed by atoms with E-state index in [0.29, 0.717) is 12.3 Å². The highest BCUT2D eigenvalue weighted by Crippen LogP contribution is 2.21. The number of amides is 1. The number of rotatable bonds is 8. The fraction of sp³-hybridized carbons (Fsp3) is 0.529. The Kier molecular flexibility index (Phi) is 6.92. The average molecular weight is 291 g/mol. The van der Waals surface area contributed by atoms with Crippen LogP contribution in [0.5, 0.6) is 0 Å². The standard InChI is InChI=1S/C17H25NO3/c1-4-12(2)13(3)17(21)18-15(10-11-16(19)20)14-8-6-5-7-9-14/h5-9,12-13,15H,4,10-11H2,1-3H3,(H,18,21)(H,19,20). The summed E-state index contributed by atoms with van der Waals surface area (Å²) in [5.74, 6) is -0.629. The van der Waals surface area contributed by atoms with Crippen molar-refractivity contribution in [3.63, 3.8) is 0 Å². The number of benzene rings is 1. The van der Waals surface area contributed by atoms with E-state index in [0.717, 1.165) is 12.0 Å². The van der Waals surface area contributed by atoms with E-state index in [4.69, 9.17) is 5.11 Å². The summed E-state index contributed by atoms with van der Waals surface area (Å²) in [5.41, 5.74) is 0.948. The maximum atomic E-state index is 12.3. The molecular formula is C17H25NO3. The smallest absolute Gasteiger partial charge is 0.303 e. The Morgan fingerprint density at radius 1 is 1.19 bits per heavy atom. The van der Waals surface area contributed by atoms with Gasteiger partial charge in [-0.2, -0.15) is 0 Å². The van der Waals surface area contributed by atoms with Crippen LogP contribution in [0.25, 0.3) is 0 Å². The molecule has 0 radical (unpaired) electrons. The molecule has 4 heteroatoms. The van der Waals surface area contributed by atoms with Gasteiger partial charge in [-0.3, -0.25) is 9.59 Å². The molecule has 0 fully saturated rings. The van der Waals surface area contributed by atoms with Gasteiger partial charge in [0.15, 0.2) is 0 Å². The third-order valence-electron chi connectivity index (χ3n) is 4.08. The fourth-order valence-electron chi connectivity index (χ4n) is 2.19. The Balaban J connectivity index is 2.78. The highest BCUT2D eigenvalue weighted by molar-refractivity contribution is 5.79. The third-order valence-corrected chi connectivity index (χ3v) is 4.08. The Hall–Kier alpha value is -1.84. The number of carbonyl (C=O) groups is 2. The minimum atomic E-state index is -0.847. The van der Waals surface area contributed by atoms with E-state index in [1.807, 2.05) is 37.3 Å². The molecule has 0 aliphatic carbocycles. The molecular weight excluding hydrogens is 266 g/mol. The van der Waals surface area contributed by atoms with Crippen LogP contribution in [0.4, 0.5) is 0 Å². The molecule has 0 saturated carbocycles. The summed E-state index contributed by atoms with van der Waals surface area (Å²) in [6.07, 6.45) is 1.38. The van der Waals surface area contributed by atoms with Gasteiger partial charge in [0.1, 0.15) is 0 Å². The van der Waals surface area contributed by atoms with Crippen LogP contribution in [-0.2, 0) is 9.59 Å². The first-order chi connectivity index (χ1) is 9.95.